The van der Waals surface area contributed by atoms with Crippen molar-refractivity contribution >= 4 is 15.9 Å². The summed E-state index contributed by atoms with van der Waals surface area (Å²) in [6.45, 7) is 4.82. The highest BCUT2D eigenvalue weighted by Gasteiger charge is 2.16. The van der Waals surface area contributed by atoms with Crippen molar-refractivity contribution in [3.8, 4) is 5.75 Å². The van der Waals surface area contributed by atoms with Gasteiger partial charge in [0.15, 0.2) is 0 Å². The average molecular weight is 350 g/mol. The van der Waals surface area contributed by atoms with Gasteiger partial charge in [0, 0.05) is 10.7 Å². The van der Waals surface area contributed by atoms with Crippen LogP contribution in [0, 0.1) is 6.92 Å². The summed E-state index contributed by atoms with van der Waals surface area (Å²) in [7, 11) is 0. The second-order valence-corrected chi connectivity index (χ2v) is 5.82. The summed E-state index contributed by atoms with van der Waals surface area (Å²) in [6.07, 6.45) is 4.50. The predicted octanol–water partition coefficient (Wildman–Crippen LogP) is 3.49. The fourth-order valence-corrected chi connectivity index (χ4v) is 2.56. The van der Waals surface area contributed by atoms with Crippen molar-refractivity contribution in [2.45, 2.75) is 26.3 Å². The van der Waals surface area contributed by atoms with Gasteiger partial charge < -0.3 is 4.74 Å². The molecule has 2 rings (SSSR count). The molecule has 1 aromatic heterocycles. The molecule has 1 unspecified atom stereocenters. The lowest BCUT2D eigenvalue weighted by molar-refractivity contribution is 0.315. The van der Waals surface area contributed by atoms with Gasteiger partial charge in [0.2, 0.25) is 0 Å². The Morgan fingerprint density at radius 2 is 2.14 bits per heavy atom. The molecule has 0 radical (unpaired) electrons. The standard InChI is InChI=1S/C16H20BrN3O/c1-3-6-21-14-7-12(9-19-10-14)16(20-18)15-8-13(17)5-4-11(15)2/h4-5,7-10,16,20H,3,6,18H2,1-2H3. The molecule has 0 aliphatic heterocycles. The van der Waals surface area contributed by atoms with Crippen LogP contribution in [0.5, 0.6) is 5.75 Å². The van der Waals surface area contributed by atoms with Gasteiger partial charge in [-0.2, -0.15) is 0 Å². The Labute approximate surface area is 133 Å². The molecule has 3 N–H and O–H groups in total. The Morgan fingerprint density at radius 3 is 2.86 bits per heavy atom. The van der Waals surface area contributed by atoms with E-state index in [2.05, 4.69) is 52.3 Å². The maximum absolute atomic E-state index is 5.77. The number of hydrogen-bond donors (Lipinski definition) is 2. The molecule has 0 amide bonds. The van der Waals surface area contributed by atoms with Crippen LogP contribution in [0.2, 0.25) is 0 Å². The number of aromatic nitrogens is 1. The van der Waals surface area contributed by atoms with Gasteiger partial charge in [-0.3, -0.25) is 10.8 Å². The Kier molecular flexibility index (Phi) is 5.73. The zero-order chi connectivity index (χ0) is 15.2. The molecule has 21 heavy (non-hydrogen) atoms. The van der Waals surface area contributed by atoms with Crippen LogP contribution in [0.4, 0.5) is 0 Å². The number of benzene rings is 1. The first-order valence-corrected chi connectivity index (χ1v) is 7.75. The highest BCUT2D eigenvalue weighted by Crippen LogP contribution is 2.28. The van der Waals surface area contributed by atoms with Crippen LogP contribution in [-0.2, 0) is 0 Å². The third kappa shape index (κ3) is 4.03. The van der Waals surface area contributed by atoms with E-state index in [-0.39, 0.29) is 6.04 Å². The van der Waals surface area contributed by atoms with Crippen LogP contribution in [0.1, 0.15) is 36.1 Å². The molecule has 0 fully saturated rings. The van der Waals surface area contributed by atoms with E-state index < -0.39 is 0 Å². The van der Waals surface area contributed by atoms with Crippen LogP contribution >= 0.6 is 15.9 Å². The smallest absolute Gasteiger partial charge is 0.137 e. The SMILES string of the molecule is CCCOc1cncc(C(NN)c2cc(Br)ccc2C)c1. The van der Waals surface area contributed by atoms with E-state index in [0.717, 1.165) is 27.8 Å². The van der Waals surface area contributed by atoms with Gasteiger partial charge >= 0.3 is 0 Å². The van der Waals surface area contributed by atoms with Crippen LogP contribution in [0.15, 0.2) is 41.1 Å². The first-order chi connectivity index (χ1) is 10.2. The molecule has 112 valence electrons. The molecule has 0 spiro atoms. The third-order valence-electron chi connectivity index (χ3n) is 3.26. The lowest BCUT2D eigenvalue weighted by Crippen LogP contribution is -2.29. The molecule has 1 heterocycles. The number of aryl methyl sites for hydroxylation is 1. The lowest BCUT2D eigenvalue weighted by atomic mass is 9.96. The van der Waals surface area contributed by atoms with E-state index in [1.165, 1.54) is 5.56 Å². The molecule has 4 nitrogen and oxygen atoms in total. The first-order valence-electron chi connectivity index (χ1n) is 6.95. The van der Waals surface area contributed by atoms with E-state index in [1.807, 2.05) is 18.3 Å². The minimum Gasteiger partial charge on any atom is -0.492 e. The van der Waals surface area contributed by atoms with Crippen molar-refractivity contribution in [1.29, 1.82) is 0 Å². The van der Waals surface area contributed by atoms with Crippen molar-refractivity contribution in [2.24, 2.45) is 5.84 Å². The van der Waals surface area contributed by atoms with Gasteiger partial charge in [-0.05, 0) is 48.2 Å². The van der Waals surface area contributed by atoms with Crippen molar-refractivity contribution in [1.82, 2.24) is 10.4 Å². The number of hydrogen-bond acceptors (Lipinski definition) is 4. The predicted molar refractivity (Wildman–Crippen MR) is 88.1 cm³/mol. The zero-order valence-corrected chi connectivity index (χ0v) is 13.9. The van der Waals surface area contributed by atoms with Crippen molar-refractivity contribution in [3.63, 3.8) is 0 Å². The van der Waals surface area contributed by atoms with E-state index in [0.29, 0.717) is 6.61 Å². The third-order valence-corrected chi connectivity index (χ3v) is 3.75. The number of rotatable bonds is 6. The quantitative estimate of drug-likeness (QED) is 0.618. The van der Waals surface area contributed by atoms with Gasteiger partial charge in [0.05, 0.1) is 18.8 Å². The minimum absolute atomic E-state index is 0.125. The Hall–Kier alpha value is -1.43. The fraction of sp³-hybridized carbons (Fsp3) is 0.312. The lowest BCUT2D eigenvalue weighted by Gasteiger charge is -2.19. The molecule has 0 aliphatic rings. The molecule has 0 aliphatic carbocycles. The zero-order valence-electron chi connectivity index (χ0n) is 12.3. The molecule has 2 aromatic rings. The topological polar surface area (TPSA) is 60.2 Å². The van der Waals surface area contributed by atoms with E-state index in [9.17, 15) is 0 Å². The molecule has 1 atom stereocenters. The van der Waals surface area contributed by atoms with E-state index in [1.54, 1.807) is 6.20 Å². The molecule has 1 aromatic carbocycles. The number of nitrogens with one attached hydrogen (secondary N) is 1. The number of nitrogens with two attached hydrogens (primary N) is 1. The Bertz CT molecular complexity index is 604. The van der Waals surface area contributed by atoms with Crippen LogP contribution in [0.25, 0.3) is 0 Å². The number of ether oxygens (including phenoxy) is 1. The van der Waals surface area contributed by atoms with E-state index >= 15 is 0 Å². The average Bonchev–Trinajstić information content (AvgIpc) is 2.50. The summed E-state index contributed by atoms with van der Waals surface area (Å²) in [4.78, 5) is 4.25. The van der Waals surface area contributed by atoms with Gasteiger partial charge in [-0.1, -0.05) is 28.9 Å². The summed E-state index contributed by atoms with van der Waals surface area (Å²) in [5, 5.41) is 0. The summed E-state index contributed by atoms with van der Waals surface area (Å²) in [6, 6.07) is 8.01. The molecule has 0 saturated carbocycles. The highest BCUT2D eigenvalue weighted by atomic mass is 79.9. The second-order valence-electron chi connectivity index (χ2n) is 4.90. The Balaban J connectivity index is 2.34. The Morgan fingerprint density at radius 1 is 1.33 bits per heavy atom. The summed E-state index contributed by atoms with van der Waals surface area (Å²) in [5.74, 6) is 6.54. The van der Waals surface area contributed by atoms with Crippen LogP contribution in [0.3, 0.4) is 0 Å². The summed E-state index contributed by atoms with van der Waals surface area (Å²) < 4.78 is 6.66. The van der Waals surface area contributed by atoms with Gasteiger partial charge in [0.1, 0.15) is 5.75 Å². The van der Waals surface area contributed by atoms with Crippen molar-refractivity contribution < 1.29 is 4.74 Å². The first kappa shape index (κ1) is 15.9. The molecule has 5 heteroatoms. The summed E-state index contributed by atoms with van der Waals surface area (Å²) in [5.41, 5.74) is 6.13. The normalized spacial score (nSPS) is 12.2. The monoisotopic (exact) mass is 349 g/mol. The number of pyridine rings is 1. The number of hydrazine groups is 1. The maximum atomic E-state index is 5.77. The largest absolute Gasteiger partial charge is 0.492 e. The maximum Gasteiger partial charge on any atom is 0.137 e. The minimum atomic E-state index is -0.125. The summed E-state index contributed by atoms with van der Waals surface area (Å²) >= 11 is 3.51. The highest BCUT2D eigenvalue weighted by molar-refractivity contribution is 9.10. The van der Waals surface area contributed by atoms with Gasteiger partial charge in [-0.15, -0.1) is 0 Å². The number of halogens is 1. The van der Waals surface area contributed by atoms with Crippen molar-refractivity contribution in [2.75, 3.05) is 6.61 Å². The van der Waals surface area contributed by atoms with Crippen LogP contribution < -0.4 is 16.0 Å². The molecular weight excluding hydrogens is 330 g/mol. The fourth-order valence-electron chi connectivity index (χ4n) is 2.18. The van der Waals surface area contributed by atoms with Gasteiger partial charge in [-0.25, -0.2) is 5.43 Å². The van der Waals surface area contributed by atoms with Crippen molar-refractivity contribution in [3.05, 3.63) is 57.8 Å². The van der Waals surface area contributed by atoms with Gasteiger partial charge in [0.25, 0.3) is 0 Å². The van der Waals surface area contributed by atoms with Crippen LogP contribution in [-0.4, -0.2) is 11.6 Å². The second kappa shape index (κ2) is 7.54. The van der Waals surface area contributed by atoms with E-state index in [4.69, 9.17) is 10.6 Å². The molecule has 0 saturated heterocycles. The number of nitrogens with zero attached hydrogens (tertiary/aromatic N) is 1. The molecule has 0 bridgehead atoms. The molecular formula is C16H20BrN3O.